The third kappa shape index (κ3) is 3.35. The maximum atomic E-state index is 9.93. The van der Waals surface area contributed by atoms with E-state index in [1.807, 2.05) is 12.1 Å². The molecule has 1 aromatic carbocycles. The van der Waals surface area contributed by atoms with Gasteiger partial charge in [0.15, 0.2) is 5.65 Å². The summed E-state index contributed by atoms with van der Waals surface area (Å²) in [6.07, 6.45) is 11.0. The minimum Gasteiger partial charge on any atom is -0.368 e. The van der Waals surface area contributed by atoms with Crippen molar-refractivity contribution in [2.24, 2.45) is 0 Å². The highest BCUT2D eigenvalue weighted by Crippen LogP contribution is 2.33. The summed E-state index contributed by atoms with van der Waals surface area (Å²) in [6.45, 7) is 4.34. The third-order valence-electron chi connectivity index (χ3n) is 6.21. The van der Waals surface area contributed by atoms with E-state index in [1.165, 1.54) is 56.3 Å². The summed E-state index contributed by atoms with van der Waals surface area (Å²) in [7, 11) is 0. The van der Waals surface area contributed by atoms with E-state index in [1.54, 1.807) is 0 Å². The number of pyridine rings is 1. The van der Waals surface area contributed by atoms with Gasteiger partial charge in [-0.15, -0.1) is 0 Å². The van der Waals surface area contributed by atoms with E-state index in [0.717, 1.165) is 40.6 Å². The Hall–Kier alpha value is -2.54. The van der Waals surface area contributed by atoms with E-state index in [9.17, 15) is 5.26 Å². The van der Waals surface area contributed by atoms with Crippen molar-refractivity contribution in [2.75, 3.05) is 5.32 Å². The average molecular weight is 375 g/mol. The molecule has 2 aromatic heterocycles. The Morgan fingerprint density at radius 2 is 1.96 bits per heavy atom. The van der Waals surface area contributed by atoms with Gasteiger partial charge in [-0.05, 0) is 55.9 Å². The number of hydrogen-bond acceptors (Lipinski definition) is 3. The minimum atomic E-state index is 0.510. The fourth-order valence-corrected chi connectivity index (χ4v) is 4.63. The van der Waals surface area contributed by atoms with Crippen LogP contribution in [0.1, 0.15) is 75.0 Å². The fraction of sp³-hybridized carbons (Fsp3) is 0.500. The molecular weight excluding hydrogens is 344 g/mol. The van der Waals surface area contributed by atoms with Crippen molar-refractivity contribution in [3.63, 3.8) is 0 Å². The number of hydrogen-bond donors (Lipinski definition) is 1. The number of para-hydroxylation sites is 2. The second-order valence-electron chi connectivity index (χ2n) is 8.13. The molecule has 1 aliphatic carbocycles. The molecule has 4 rings (SSSR count). The first-order valence-electron chi connectivity index (χ1n) is 10.8. The van der Waals surface area contributed by atoms with Crippen molar-refractivity contribution in [1.29, 1.82) is 5.26 Å². The van der Waals surface area contributed by atoms with Crippen LogP contribution in [0.2, 0.25) is 0 Å². The van der Waals surface area contributed by atoms with Gasteiger partial charge < -0.3 is 5.32 Å². The molecule has 1 fully saturated rings. The summed E-state index contributed by atoms with van der Waals surface area (Å²) >= 11 is 0. The zero-order valence-corrected chi connectivity index (χ0v) is 17.1. The number of nitriles is 1. The van der Waals surface area contributed by atoms with Crippen LogP contribution in [0.5, 0.6) is 0 Å². The van der Waals surface area contributed by atoms with Gasteiger partial charge in [0.1, 0.15) is 11.9 Å². The SMILES string of the molecule is CCCCCc1c(C)c(C#N)c2nc3ccccc3n2c1NC1CCCCC1. The summed E-state index contributed by atoms with van der Waals surface area (Å²) in [6, 6.07) is 11.2. The van der Waals surface area contributed by atoms with Crippen LogP contribution in [0.25, 0.3) is 16.7 Å². The molecule has 4 nitrogen and oxygen atoms in total. The highest BCUT2D eigenvalue weighted by molar-refractivity contribution is 5.86. The molecule has 3 aromatic rings. The van der Waals surface area contributed by atoms with E-state index < -0.39 is 0 Å². The number of fused-ring (bicyclic) bond motifs is 3. The van der Waals surface area contributed by atoms with Crippen LogP contribution in [0.15, 0.2) is 24.3 Å². The van der Waals surface area contributed by atoms with Crippen LogP contribution in [-0.4, -0.2) is 15.4 Å². The number of aromatic nitrogens is 2. The van der Waals surface area contributed by atoms with E-state index >= 15 is 0 Å². The number of nitrogens with zero attached hydrogens (tertiary/aromatic N) is 3. The molecule has 0 radical (unpaired) electrons. The molecule has 0 spiro atoms. The van der Waals surface area contributed by atoms with Crippen LogP contribution in [0.4, 0.5) is 5.82 Å². The van der Waals surface area contributed by atoms with Gasteiger partial charge in [0.25, 0.3) is 0 Å². The summed E-state index contributed by atoms with van der Waals surface area (Å²) in [5.41, 5.74) is 5.95. The Bertz CT molecular complexity index is 1020. The molecule has 1 saturated carbocycles. The van der Waals surface area contributed by atoms with Gasteiger partial charge in [-0.25, -0.2) is 4.98 Å². The van der Waals surface area contributed by atoms with Gasteiger partial charge in [0, 0.05) is 6.04 Å². The van der Waals surface area contributed by atoms with Crippen molar-refractivity contribution in [3.8, 4) is 6.07 Å². The Kier molecular flexibility index (Phi) is 5.52. The highest BCUT2D eigenvalue weighted by Gasteiger charge is 2.23. The normalized spacial score (nSPS) is 15.2. The Labute approximate surface area is 167 Å². The predicted octanol–water partition coefficient (Wildman–Crippen LogP) is 6.14. The number of nitrogens with one attached hydrogen (secondary N) is 1. The first-order valence-corrected chi connectivity index (χ1v) is 10.8. The van der Waals surface area contributed by atoms with Gasteiger partial charge in [-0.1, -0.05) is 51.2 Å². The van der Waals surface area contributed by atoms with Gasteiger partial charge in [0.05, 0.1) is 16.6 Å². The first kappa shape index (κ1) is 18.8. The second kappa shape index (κ2) is 8.22. The van der Waals surface area contributed by atoms with Crippen LogP contribution in [0, 0.1) is 18.3 Å². The van der Waals surface area contributed by atoms with Gasteiger partial charge in [-0.2, -0.15) is 5.26 Å². The molecular formula is C24H30N4. The van der Waals surface area contributed by atoms with Gasteiger partial charge in [-0.3, -0.25) is 4.40 Å². The standard InChI is InChI=1S/C24H30N4/c1-3-4-6-13-19-17(2)20(16-25)24-27-21-14-9-10-15-22(21)28(24)23(19)26-18-11-7-5-8-12-18/h9-10,14-15,18,26H,3-8,11-13H2,1-2H3. The summed E-state index contributed by atoms with van der Waals surface area (Å²) in [5, 5.41) is 13.8. The highest BCUT2D eigenvalue weighted by atomic mass is 15.1. The van der Waals surface area contributed by atoms with Crippen molar-refractivity contribution in [3.05, 3.63) is 41.0 Å². The largest absolute Gasteiger partial charge is 0.368 e. The van der Waals surface area contributed by atoms with Crippen molar-refractivity contribution in [2.45, 2.75) is 77.7 Å². The maximum Gasteiger partial charge on any atom is 0.157 e. The number of rotatable bonds is 6. The van der Waals surface area contributed by atoms with Crippen LogP contribution in [0.3, 0.4) is 0 Å². The smallest absolute Gasteiger partial charge is 0.157 e. The molecule has 4 heteroatoms. The number of unbranched alkanes of at least 4 members (excludes halogenated alkanes) is 2. The Morgan fingerprint density at radius 3 is 2.71 bits per heavy atom. The third-order valence-corrected chi connectivity index (χ3v) is 6.21. The zero-order valence-electron chi connectivity index (χ0n) is 17.1. The van der Waals surface area contributed by atoms with Gasteiger partial charge in [0.2, 0.25) is 0 Å². The van der Waals surface area contributed by atoms with E-state index in [0.29, 0.717) is 6.04 Å². The molecule has 0 atom stereocenters. The lowest BCUT2D eigenvalue weighted by atomic mass is 9.94. The second-order valence-corrected chi connectivity index (χ2v) is 8.13. The average Bonchev–Trinajstić information content (AvgIpc) is 3.10. The fourth-order valence-electron chi connectivity index (χ4n) is 4.63. The molecule has 1 aliphatic rings. The first-order chi connectivity index (χ1) is 13.7. The number of imidazole rings is 1. The van der Waals surface area contributed by atoms with E-state index in [4.69, 9.17) is 4.98 Å². The maximum absolute atomic E-state index is 9.93. The number of anilines is 1. The van der Waals surface area contributed by atoms with Crippen molar-refractivity contribution >= 4 is 22.5 Å². The minimum absolute atomic E-state index is 0.510. The molecule has 0 aliphatic heterocycles. The topological polar surface area (TPSA) is 53.1 Å². The van der Waals surface area contributed by atoms with Crippen molar-refractivity contribution < 1.29 is 0 Å². The predicted molar refractivity (Wildman–Crippen MR) is 116 cm³/mol. The molecule has 146 valence electrons. The lowest BCUT2D eigenvalue weighted by Gasteiger charge is -2.27. The molecule has 0 amide bonds. The molecule has 0 bridgehead atoms. The van der Waals surface area contributed by atoms with Crippen LogP contribution in [-0.2, 0) is 6.42 Å². The molecule has 0 saturated heterocycles. The van der Waals surface area contributed by atoms with E-state index in [2.05, 4.69) is 41.8 Å². The monoisotopic (exact) mass is 374 g/mol. The van der Waals surface area contributed by atoms with Crippen LogP contribution >= 0.6 is 0 Å². The number of benzene rings is 1. The van der Waals surface area contributed by atoms with Gasteiger partial charge >= 0.3 is 0 Å². The molecule has 2 heterocycles. The lowest BCUT2D eigenvalue weighted by Crippen LogP contribution is -2.25. The molecule has 28 heavy (non-hydrogen) atoms. The van der Waals surface area contributed by atoms with E-state index in [-0.39, 0.29) is 0 Å². The summed E-state index contributed by atoms with van der Waals surface area (Å²) in [5.74, 6) is 1.17. The Balaban J connectivity index is 1.94. The Morgan fingerprint density at radius 1 is 1.18 bits per heavy atom. The molecule has 0 unspecified atom stereocenters. The molecule has 1 N–H and O–H groups in total. The quantitative estimate of drug-likeness (QED) is 0.527. The zero-order chi connectivity index (χ0) is 19.5. The lowest BCUT2D eigenvalue weighted by molar-refractivity contribution is 0.461. The van der Waals surface area contributed by atoms with Crippen LogP contribution < -0.4 is 5.32 Å². The summed E-state index contributed by atoms with van der Waals surface area (Å²) < 4.78 is 2.22. The van der Waals surface area contributed by atoms with Crippen molar-refractivity contribution in [1.82, 2.24) is 9.38 Å². The summed E-state index contributed by atoms with van der Waals surface area (Å²) in [4.78, 5) is 4.84.